The number of phenols is 1. The fraction of sp³-hybridized carbons (Fsp3) is 0.400. The fourth-order valence-corrected chi connectivity index (χ4v) is 5.11. The molecule has 1 aromatic heterocycles. The number of hydrogen-bond acceptors (Lipinski definition) is 5. The normalized spacial score (nSPS) is 19.2. The number of rotatable bonds is 3. The van der Waals surface area contributed by atoms with E-state index in [1.54, 1.807) is 6.07 Å². The summed E-state index contributed by atoms with van der Waals surface area (Å²) in [5, 5.41) is 11.3. The molecule has 162 valence electrons. The van der Waals surface area contributed by atoms with Crippen LogP contribution in [0.1, 0.15) is 12.8 Å². The van der Waals surface area contributed by atoms with Gasteiger partial charge in [-0.1, -0.05) is 23.7 Å². The van der Waals surface area contributed by atoms with Crippen molar-refractivity contribution in [1.82, 2.24) is 14.8 Å². The van der Waals surface area contributed by atoms with Gasteiger partial charge in [0, 0.05) is 62.6 Å². The van der Waals surface area contributed by atoms with Crippen molar-refractivity contribution in [2.24, 2.45) is 0 Å². The summed E-state index contributed by atoms with van der Waals surface area (Å²) in [5.41, 5.74) is 4.34. The Kier molecular flexibility index (Phi) is 5.74. The zero-order chi connectivity index (χ0) is 21.4. The summed E-state index contributed by atoms with van der Waals surface area (Å²) in [5.74, 6) is 0.108. The van der Waals surface area contributed by atoms with E-state index in [1.165, 1.54) is 50.1 Å². The van der Waals surface area contributed by atoms with Crippen molar-refractivity contribution < 1.29 is 5.11 Å². The summed E-state index contributed by atoms with van der Waals surface area (Å²) in [4.78, 5) is 12.2. The smallest absolute Gasteiger partial charge is 0.134 e. The number of hydrogen-bond donors (Lipinski definition) is 1. The Morgan fingerprint density at radius 2 is 1.61 bits per heavy atom. The first kappa shape index (κ1) is 20.6. The Balaban J connectivity index is 1.38. The number of anilines is 1. The van der Waals surface area contributed by atoms with Crippen LogP contribution in [0.5, 0.6) is 5.75 Å². The molecule has 2 saturated heterocycles. The number of fused-ring (bicyclic) bond motifs is 1. The third kappa shape index (κ3) is 4.22. The molecule has 6 heteroatoms. The van der Waals surface area contributed by atoms with Crippen molar-refractivity contribution in [3.8, 4) is 16.9 Å². The largest absolute Gasteiger partial charge is 0.506 e. The zero-order valence-electron chi connectivity index (χ0n) is 18.0. The Hall–Kier alpha value is -2.34. The second-order valence-electron chi connectivity index (χ2n) is 8.79. The van der Waals surface area contributed by atoms with E-state index in [1.807, 2.05) is 18.3 Å². The van der Waals surface area contributed by atoms with Crippen LogP contribution in [0.15, 0.2) is 48.7 Å². The molecular formula is C25H29ClN4O. The van der Waals surface area contributed by atoms with Crippen LogP contribution in [-0.4, -0.2) is 72.2 Å². The maximum atomic E-state index is 9.75. The van der Waals surface area contributed by atoms with Crippen molar-refractivity contribution in [3.05, 3.63) is 53.7 Å². The maximum Gasteiger partial charge on any atom is 0.134 e. The van der Waals surface area contributed by atoms with Gasteiger partial charge in [0.15, 0.2) is 0 Å². The number of piperazine rings is 1. The molecule has 5 rings (SSSR count). The molecule has 0 saturated carbocycles. The molecule has 2 aliphatic rings. The number of phenolic OH excluding ortho intramolecular Hbond substituents is 1. The second-order valence-corrected chi connectivity index (χ2v) is 9.19. The number of likely N-dealkylation sites (N-methyl/N-ethyl adjacent to an activating group) is 1. The molecule has 2 aromatic carbocycles. The maximum absolute atomic E-state index is 9.75. The molecule has 3 heterocycles. The van der Waals surface area contributed by atoms with Crippen LogP contribution in [0, 0.1) is 0 Å². The van der Waals surface area contributed by atoms with Crippen LogP contribution in [0.3, 0.4) is 0 Å². The second kappa shape index (κ2) is 8.65. The van der Waals surface area contributed by atoms with Gasteiger partial charge in [-0.2, -0.15) is 0 Å². The van der Waals surface area contributed by atoms with Gasteiger partial charge in [-0.25, -0.2) is 0 Å². The summed E-state index contributed by atoms with van der Waals surface area (Å²) in [6.45, 7) is 6.89. The molecule has 0 unspecified atom stereocenters. The summed E-state index contributed by atoms with van der Waals surface area (Å²) in [7, 11) is 2.22. The van der Waals surface area contributed by atoms with Crippen LogP contribution in [0.2, 0.25) is 5.02 Å². The molecule has 0 spiro atoms. The first-order valence-electron chi connectivity index (χ1n) is 11.1. The Bertz CT molecular complexity index is 1070. The topological polar surface area (TPSA) is 42.8 Å². The molecule has 0 atom stereocenters. The van der Waals surface area contributed by atoms with E-state index >= 15 is 0 Å². The molecule has 3 aromatic rings. The van der Waals surface area contributed by atoms with Gasteiger partial charge in [-0.15, -0.1) is 0 Å². The predicted molar refractivity (Wildman–Crippen MR) is 128 cm³/mol. The molecule has 0 aliphatic carbocycles. The first-order valence-corrected chi connectivity index (χ1v) is 11.5. The van der Waals surface area contributed by atoms with Crippen LogP contribution < -0.4 is 4.90 Å². The van der Waals surface area contributed by atoms with Gasteiger partial charge in [0.1, 0.15) is 5.75 Å². The van der Waals surface area contributed by atoms with Gasteiger partial charge in [0.05, 0.1) is 10.5 Å². The molecule has 0 amide bonds. The molecule has 2 fully saturated rings. The van der Waals surface area contributed by atoms with E-state index in [2.05, 4.69) is 51.0 Å². The fourth-order valence-electron chi connectivity index (χ4n) is 4.93. The number of benzene rings is 2. The minimum absolute atomic E-state index is 0.108. The van der Waals surface area contributed by atoms with Crippen molar-refractivity contribution in [2.75, 3.05) is 51.2 Å². The predicted octanol–water partition coefficient (Wildman–Crippen LogP) is 4.48. The molecule has 31 heavy (non-hydrogen) atoms. The van der Waals surface area contributed by atoms with Gasteiger partial charge in [-0.05, 0) is 61.3 Å². The lowest BCUT2D eigenvalue weighted by molar-refractivity contribution is 0.0982. The minimum atomic E-state index is 0.108. The van der Waals surface area contributed by atoms with E-state index in [0.29, 0.717) is 11.1 Å². The van der Waals surface area contributed by atoms with Gasteiger partial charge < -0.3 is 14.9 Å². The number of nitrogens with zero attached hydrogens (tertiary/aromatic N) is 4. The molecule has 1 N–H and O–H groups in total. The van der Waals surface area contributed by atoms with Crippen LogP contribution >= 0.6 is 11.6 Å². The van der Waals surface area contributed by atoms with Crippen LogP contribution in [0.25, 0.3) is 22.0 Å². The van der Waals surface area contributed by atoms with Gasteiger partial charge in [-0.3, -0.25) is 9.88 Å². The Morgan fingerprint density at radius 1 is 0.903 bits per heavy atom. The van der Waals surface area contributed by atoms with Crippen LogP contribution in [-0.2, 0) is 0 Å². The number of piperidine rings is 1. The summed E-state index contributed by atoms with van der Waals surface area (Å²) >= 11 is 6.14. The number of halogens is 1. The average molecular weight is 437 g/mol. The molecular weight excluding hydrogens is 408 g/mol. The number of pyridine rings is 1. The third-order valence-electron chi connectivity index (χ3n) is 6.86. The van der Waals surface area contributed by atoms with Crippen molar-refractivity contribution in [3.63, 3.8) is 0 Å². The van der Waals surface area contributed by atoms with Gasteiger partial charge in [0.25, 0.3) is 0 Å². The lowest BCUT2D eigenvalue weighted by Gasteiger charge is -2.42. The number of aromatic hydroxyl groups is 1. The lowest BCUT2D eigenvalue weighted by atomic mass is 9.99. The van der Waals surface area contributed by atoms with Crippen molar-refractivity contribution >= 4 is 28.2 Å². The number of aromatic nitrogens is 1. The SMILES string of the molecule is CN1CCN(C2CCN(c3ccnc4ccc(-c5ccc(O)c(Cl)c5)cc34)CC2)CC1. The molecule has 2 aliphatic heterocycles. The van der Waals surface area contributed by atoms with E-state index < -0.39 is 0 Å². The summed E-state index contributed by atoms with van der Waals surface area (Å²) in [6.07, 6.45) is 4.34. The third-order valence-corrected chi connectivity index (χ3v) is 7.16. The highest BCUT2D eigenvalue weighted by molar-refractivity contribution is 6.32. The molecule has 5 nitrogen and oxygen atoms in total. The van der Waals surface area contributed by atoms with Crippen molar-refractivity contribution in [2.45, 2.75) is 18.9 Å². The molecule has 0 bridgehead atoms. The monoisotopic (exact) mass is 436 g/mol. The Morgan fingerprint density at radius 3 is 2.35 bits per heavy atom. The average Bonchev–Trinajstić information content (AvgIpc) is 2.81. The van der Waals surface area contributed by atoms with E-state index in [-0.39, 0.29) is 5.75 Å². The highest BCUT2D eigenvalue weighted by atomic mass is 35.5. The van der Waals surface area contributed by atoms with E-state index in [0.717, 1.165) is 29.7 Å². The standard InChI is InChI=1S/C25H29ClN4O/c1-28-12-14-29(15-13-28)20-7-10-30(11-8-20)24-6-9-27-23-4-2-18(16-21(23)24)19-3-5-25(31)22(26)17-19/h2-6,9,16-17,20,31H,7-8,10-15H2,1H3. The summed E-state index contributed by atoms with van der Waals surface area (Å²) in [6, 6.07) is 14.6. The molecule has 0 radical (unpaired) electrons. The highest BCUT2D eigenvalue weighted by Crippen LogP contribution is 2.34. The summed E-state index contributed by atoms with van der Waals surface area (Å²) < 4.78 is 0. The van der Waals surface area contributed by atoms with Crippen molar-refractivity contribution in [1.29, 1.82) is 0 Å². The van der Waals surface area contributed by atoms with E-state index in [9.17, 15) is 5.11 Å². The zero-order valence-corrected chi connectivity index (χ0v) is 18.7. The van der Waals surface area contributed by atoms with Gasteiger partial charge in [0.2, 0.25) is 0 Å². The van der Waals surface area contributed by atoms with Gasteiger partial charge >= 0.3 is 0 Å². The Labute approximate surface area is 188 Å². The minimum Gasteiger partial charge on any atom is -0.506 e. The lowest BCUT2D eigenvalue weighted by Crippen LogP contribution is -2.52. The van der Waals surface area contributed by atoms with E-state index in [4.69, 9.17) is 11.6 Å². The van der Waals surface area contributed by atoms with Crippen LogP contribution in [0.4, 0.5) is 5.69 Å². The first-order chi connectivity index (χ1) is 15.1. The quantitative estimate of drug-likeness (QED) is 0.655. The highest BCUT2D eigenvalue weighted by Gasteiger charge is 2.27.